The number of carbonyl (C=O) groups excluding carboxylic acids is 2. The predicted octanol–water partition coefficient (Wildman–Crippen LogP) is 5.63. The molecule has 0 bridgehead atoms. The van der Waals surface area contributed by atoms with Gasteiger partial charge in [-0.3, -0.25) is 9.59 Å². The summed E-state index contributed by atoms with van der Waals surface area (Å²) in [4.78, 5) is 29.9. The lowest BCUT2D eigenvalue weighted by Crippen LogP contribution is -2.46. The number of carbonyl (C=O) groups is 2. The molecule has 0 fully saturated rings. The molecule has 0 spiro atoms. The summed E-state index contributed by atoms with van der Waals surface area (Å²) in [5, 5.41) is 23.8. The zero-order valence-electron chi connectivity index (χ0n) is 23.7. The van der Waals surface area contributed by atoms with Crippen molar-refractivity contribution in [2.75, 3.05) is 13.1 Å². The van der Waals surface area contributed by atoms with Crippen molar-refractivity contribution < 1.29 is 19.8 Å². The molecule has 0 saturated carbocycles. The lowest BCUT2D eigenvalue weighted by Gasteiger charge is -2.35. The number of hydrogen-bond donors (Lipinski definition) is 2. The Balaban J connectivity index is 1.09. The Labute approximate surface area is 246 Å². The van der Waals surface area contributed by atoms with E-state index in [0.29, 0.717) is 48.2 Å². The third-order valence-corrected chi connectivity index (χ3v) is 8.66. The van der Waals surface area contributed by atoms with Gasteiger partial charge in [0.05, 0.1) is 0 Å². The quantitative estimate of drug-likeness (QED) is 0.233. The monoisotopic (exact) mass is 560 g/mol. The highest BCUT2D eigenvalue weighted by atomic mass is 16.3. The molecule has 6 nitrogen and oxygen atoms in total. The van der Waals surface area contributed by atoms with E-state index in [9.17, 15) is 19.8 Å². The second-order valence-corrected chi connectivity index (χ2v) is 11.4. The highest BCUT2D eigenvalue weighted by molar-refractivity contribution is 6.00. The van der Waals surface area contributed by atoms with Crippen LogP contribution in [0.3, 0.4) is 0 Å². The van der Waals surface area contributed by atoms with Crippen molar-refractivity contribution in [1.82, 2.24) is 9.80 Å². The van der Waals surface area contributed by atoms with Gasteiger partial charge < -0.3 is 20.0 Å². The van der Waals surface area contributed by atoms with Gasteiger partial charge in [0.25, 0.3) is 11.8 Å². The van der Waals surface area contributed by atoms with Crippen LogP contribution < -0.4 is 0 Å². The number of benzene rings is 4. The van der Waals surface area contributed by atoms with Crippen molar-refractivity contribution >= 4 is 11.8 Å². The molecule has 0 aliphatic carbocycles. The van der Waals surface area contributed by atoms with Crippen molar-refractivity contribution in [3.8, 4) is 0 Å². The van der Waals surface area contributed by atoms with Gasteiger partial charge in [-0.2, -0.15) is 0 Å². The minimum Gasteiger partial charge on any atom is -0.366 e. The molecule has 2 atom stereocenters. The summed E-state index contributed by atoms with van der Waals surface area (Å²) >= 11 is 0. The van der Waals surface area contributed by atoms with Crippen molar-refractivity contribution in [3.05, 3.63) is 143 Å². The number of nitrogens with zero attached hydrogens (tertiary/aromatic N) is 2. The largest absolute Gasteiger partial charge is 0.366 e. The van der Waals surface area contributed by atoms with Gasteiger partial charge >= 0.3 is 0 Å². The molecule has 42 heavy (non-hydrogen) atoms. The van der Waals surface area contributed by atoms with Crippen molar-refractivity contribution in [1.29, 1.82) is 0 Å². The van der Waals surface area contributed by atoms with E-state index in [1.165, 1.54) is 0 Å². The van der Waals surface area contributed by atoms with Gasteiger partial charge in [-0.1, -0.05) is 110 Å². The van der Waals surface area contributed by atoms with Crippen molar-refractivity contribution in [3.63, 3.8) is 0 Å². The highest BCUT2D eigenvalue weighted by Crippen LogP contribution is 2.41. The van der Waals surface area contributed by atoms with E-state index in [1.54, 1.807) is 21.9 Å². The van der Waals surface area contributed by atoms with Gasteiger partial charge in [0.2, 0.25) is 0 Å². The van der Waals surface area contributed by atoms with E-state index in [1.807, 2.05) is 97.1 Å². The zero-order chi connectivity index (χ0) is 29.2. The van der Waals surface area contributed by atoms with Crippen LogP contribution in [0.15, 0.2) is 109 Å². The summed E-state index contributed by atoms with van der Waals surface area (Å²) in [5.41, 5.74) is 1.57. The summed E-state index contributed by atoms with van der Waals surface area (Å²) in [5.74, 6) is -0.286. The SMILES string of the molecule is O=C1c2ccccc2[C@](O)(Cc2ccccc2)N1CCCCCCN1C(=O)c2ccccc2[C@]1(O)Cc1ccccc1. The standard InChI is InChI=1S/C36H36N2O4/c39-33-29-19-9-11-21-31(29)35(41,25-27-15-5-3-6-16-27)37(33)23-13-1-2-14-24-38-34(40)30-20-10-12-22-32(30)36(38,42)26-28-17-7-4-8-18-28/h3-12,15-22,41-42H,1-2,13-14,23-26H2/t35-,36-/m1/s1. The number of fused-ring (bicyclic) bond motifs is 2. The molecular formula is C36H36N2O4. The van der Waals surface area contributed by atoms with E-state index < -0.39 is 11.4 Å². The second kappa shape index (κ2) is 11.6. The first-order valence-electron chi connectivity index (χ1n) is 14.8. The highest BCUT2D eigenvalue weighted by Gasteiger charge is 2.49. The van der Waals surface area contributed by atoms with E-state index in [2.05, 4.69) is 0 Å². The minimum atomic E-state index is -1.39. The molecule has 2 aliphatic heterocycles. The number of aliphatic hydroxyl groups is 2. The third-order valence-electron chi connectivity index (χ3n) is 8.66. The molecule has 0 saturated heterocycles. The zero-order valence-corrected chi connectivity index (χ0v) is 23.7. The van der Waals surface area contributed by atoms with Crippen LogP contribution in [0.2, 0.25) is 0 Å². The minimum absolute atomic E-state index is 0.143. The molecule has 6 heteroatoms. The second-order valence-electron chi connectivity index (χ2n) is 11.4. The molecule has 2 N–H and O–H groups in total. The number of hydrogen-bond acceptors (Lipinski definition) is 4. The summed E-state index contributed by atoms with van der Waals surface area (Å²) in [7, 11) is 0. The molecule has 0 unspecified atom stereocenters. The molecule has 6 rings (SSSR count). The summed E-state index contributed by atoms with van der Waals surface area (Å²) in [6.07, 6.45) is 3.75. The maximum atomic E-state index is 13.4. The summed E-state index contributed by atoms with van der Waals surface area (Å²) in [6, 6.07) is 34.2. The fourth-order valence-corrected chi connectivity index (χ4v) is 6.56. The Morgan fingerprint density at radius 2 is 0.833 bits per heavy atom. The Morgan fingerprint density at radius 3 is 1.24 bits per heavy atom. The Hall–Kier alpha value is -4.26. The van der Waals surface area contributed by atoms with Crippen LogP contribution in [0, 0.1) is 0 Å². The third kappa shape index (κ3) is 5.02. The van der Waals surface area contributed by atoms with Crippen LogP contribution in [-0.4, -0.2) is 44.9 Å². The van der Waals surface area contributed by atoms with Crippen LogP contribution in [0.4, 0.5) is 0 Å². The molecule has 0 radical (unpaired) electrons. The van der Waals surface area contributed by atoms with Crippen LogP contribution in [-0.2, 0) is 24.3 Å². The van der Waals surface area contributed by atoms with Crippen LogP contribution in [0.25, 0.3) is 0 Å². The topological polar surface area (TPSA) is 81.1 Å². The van der Waals surface area contributed by atoms with Crippen molar-refractivity contribution in [2.45, 2.75) is 50.0 Å². The summed E-state index contributed by atoms with van der Waals surface area (Å²) in [6.45, 7) is 0.867. The van der Waals surface area contributed by atoms with E-state index in [0.717, 1.165) is 36.8 Å². The van der Waals surface area contributed by atoms with Crippen LogP contribution in [0.5, 0.6) is 0 Å². The van der Waals surface area contributed by atoms with Gasteiger partial charge in [-0.25, -0.2) is 0 Å². The lowest BCUT2D eigenvalue weighted by molar-refractivity contribution is -0.0860. The van der Waals surface area contributed by atoms with Gasteiger partial charge in [0, 0.05) is 48.2 Å². The fraction of sp³-hybridized carbons (Fsp3) is 0.278. The number of rotatable bonds is 11. The van der Waals surface area contributed by atoms with Crippen molar-refractivity contribution in [2.24, 2.45) is 0 Å². The molecule has 2 aliphatic rings. The first-order chi connectivity index (χ1) is 20.4. The van der Waals surface area contributed by atoms with Gasteiger partial charge in [0.15, 0.2) is 11.4 Å². The Kier molecular flexibility index (Phi) is 7.67. The average Bonchev–Trinajstić information content (AvgIpc) is 3.35. The maximum absolute atomic E-state index is 13.4. The van der Waals surface area contributed by atoms with E-state index in [4.69, 9.17) is 0 Å². The smallest absolute Gasteiger partial charge is 0.256 e. The fourth-order valence-electron chi connectivity index (χ4n) is 6.56. The first-order valence-corrected chi connectivity index (χ1v) is 14.8. The average molecular weight is 561 g/mol. The van der Waals surface area contributed by atoms with Gasteiger partial charge in [-0.15, -0.1) is 0 Å². The van der Waals surface area contributed by atoms with Crippen LogP contribution >= 0.6 is 0 Å². The summed E-state index contributed by atoms with van der Waals surface area (Å²) < 4.78 is 0. The Bertz CT molecular complexity index is 1450. The molecule has 4 aromatic rings. The molecule has 0 aromatic heterocycles. The van der Waals surface area contributed by atoms with Gasteiger partial charge in [-0.05, 0) is 36.1 Å². The molecular weight excluding hydrogens is 524 g/mol. The van der Waals surface area contributed by atoms with E-state index in [-0.39, 0.29) is 11.8 Å². The molecule has 4 aromatic carbocycles. The maximum Gasteiger partial charge on any atom is 0.256 e. The lowest BCUT2D eigenvalue weighted by atomic mass is 9.94. The van der Waals surface area contributed by atoms with Crippen LogP contribution in [0.1, 0.15) is 68.7 Å². The first kappa shape index (κ1) is 27.9. The van der Waals surface area contributed by atoms with Gasteiger partial charge in [0.1, 0.15) is 0 Å². The van der Waals surface area contributed by atoms with E-state index >= 15 is 0 Å². The predicted molar refractivity (Wildman–Crippen MR) is 162 cm³/mol. The molecule has 2 amide bonds. The number of amides is 2. The normalized spacial score (nSPS) is 21.1. The molecule has 2 heterocycles. The number of unbranched alkanes of at least 4 members (excludes halogenated alkanes) is 3. The Morgan fingerprint density at radius 1 is 0.476 bits per heavy atom. The molecule has 214 valence electrons.